The molecule has 5 heterocycles. The number of likely N-dealkylation sites (tertiary alicyclic amines) is 1. The second-order valence-corrected chi connectivity index (χ2v) is 20.5. The van der Waals surface area contributed by atoms with Crippen LogP contribution in [0.25, 0.3) is 0 Å². The van der Waals surface area contributed by atoms with Gasteiger partial charge in [0.1, 0.15) is 24.0 Å². The van der Waals surface area contributed by atoms with Gasteiger partial charge in [0, 0.05) is 80.9 Å². The monoisotopic (exact) mass is 899 g/mol. The Morgan fingerprint density at radius 2 is 1.64 bits per heavy atom. The first-order valence-electron chi connectivity index (χ1n) is 23.8. The van der Waals surface area contributed by atoms with Crippen molar-refractivity contribution < 1.29 is 28.4 Å². The molecule has 0 aromatic heterocycles. The highest BCUT2D eigenvalue weighted by molar-refractivity contribution is 7.97. The summed E-state index contributed by atoms with van der Waals surface area (Å²) in [6.45, 7) is 12.1. The molecular formula is C48H66FN9O5S. The Bertz CT molecular complexity index is 2030. The minimum absolute atomic E-state index is 0.00421. The molecule has 7 aliphatic rings. The van der Waals surface area contributed by atoms with Crippen LogP contribution in [0.15, 0.2) is 46.0 Å². The fourth-order valence-electron chi connectivity index (χ4n) is 11.6. The Morgan fingerprint density at radius 1 is 0.938 bits per heavy atom. The third-order valence-electron chi connectivity index (χ3n) is 15.4. The van der Waals surface area contributed by atoms with E-state index < -0.39 is 29.6 Å². The highest BCUT2D eigenvalue weighted by Gasteiger charge is 2.45. The number of benzene rings is 1. The topological polar surface area (TPSA) is 150 Å². The maximum absolute atomic E-state index is 15.7. The number of carbonyl (C=O) groups is 5. The molecule has 1 spiro atoms. The molecular weight excluding hydrogens is 834 g/mol. The van der Waals surface area contributed by atoms with E-state index >= 15 is 4.39 Å². The first-order valence-corrected chi connectivity index (χ1v) is 24.6. The van der Waals surface area contributed by atoms with Gasteiger partial charge < -0.3 is 19.9 Å². The second-order valence-electron chi connectivity index (χ2n) is 19.1. The number of halogens is 1. The number of imide groups is 1. The minimum Gasteiger partial charge on any atom is -0.369 e. The van der Waals surface area contributed by atoms with Crippen molar-refractivity contribution >= 4 is 60.1 Å². The van der Waals surface area contributed by atoms with Gasteiger partial charge >= 0.3 is 0 Å². The number of nitrogens with zero attached hydrogens (tertiary/aromatic N) is 7. The highest BCUT2D eigenvalue weighted by Crippen LogP contribution is 2.47. The molecule has 8 rings (SSSR count). The molecule has 5 fully saturated rings. The van der Waals surface area contributed by atoms with Crippen LogP contribution in [0.5, 0.6) is 0 Å². The van der Waals surface area contributed by atoms with Crippen LogP contribution in [-0.2, 0) is 14.4 Å². The molecule has 14 nitrogen and oxygen atoms in total. The minimum atomic E-state index is -1.14. The Kier molecular flexibility index (Phi) is 14.8. The molecule has 4 amide bonds. The summed E-state index contributed by atoms with van der Waals surface area (Å²) in [4.78, 5) is 80.0. The summed E-state index contributed by atoms with van der Waals surface area (Å²) < 4.78 is 18.2. The van der Waals surface area contributed by atoms with Crippen molar-refractivity contribution in [3.63, 3.8) is 0 Å². The highest BCUT2D eigenvalue weighted by atomic mass is 32.2. The van der Waals surface area contributed by atoms with Gasteiger partial charge in [-0.1, -0.05) is 25.3 Å². The molecule has 0 radical (unpaired) electrons. The maximum atomic E-state index is 15.7. The van der Waals surface area contributed by atoms with Gasteiger partial charge in [-0.2, -0.15) is 0 Å². The fourth-order valence-corrected chi connectivity index (χ4v) is 12.9. The molecule has 2 aliphatic carbocycles. The molecule has 1 aromatic rings. The van der Waals surface area contributed by atoms with Crippen molar-refractivity contribution in [2.45, 2.75) is 133 Å². The van der Waals surface area contributed by atoms with E-state index in [1.165, 1.54) is 51.6 Å². The number of aldehydes is 1. The SMILES string of the molecule is C=N/C=C1/C=CC(=O)N(C2CCCC2C)/C1=N/CNC1CCN(SC2CCN(C3CCC4(CC3)CCN(c3cc5c(cc3F)C(=O)N(C(CCC=O)C(=O)NC)C5=O)CC4)CC2)CC1. The Labute approximate surface area is 381 Å². The van der Waals surface area contributed by atoms with Gasteiger partial charge in [0.15, 0.2) is 0 Å². The number of carbonyl (C=O) groups excluding carboxylic acids is 5. The van der Waals surface area contributed by atoms with Crippen molar-refractivity contribution in [2.24, 2.45) is 21.3 Å². The Hall–Kier alpha value is -4.25. The van der Waals surface area contributed by atoms with Gasteiger partial charge in [-0.25, -0.2) is 4.39 Å². The molecule has 2 saturated carbocycles. The molecule has 2 N–H and O–H groups in total. The van der Waals surface area contributed by atoms with Gasteiger partial charge in [-0.05, 0) is 133 Å². The van der Waals surface area contributed by atoms with Crippen molar-refractivity contribution in [3.05, 3.63) is 53.0 Å². The number of amides is 4. The Morgan fingerprint density at radius 3 is 2.28 bits per heavy atom. The van der Waals surface area contributed by atoms with E-state index in [4.69, 9.17) is 4.99 Å². The number of hydrogen-bond acceptors (Lipinski definition) is 12. The second kappa shape index (κ2) is 20.5. The normalized spacial score (nSPS) is 27.0. The van der Waals surface area contributed by atoms with E-state index in [0.717, 1.165) is 87.7 Å². The van der Waals surface area contributed by atoms with Crippen molar-refractivity contribution in [1.82, 2.24) is 29.6 Å². The summed E-state index contributed by atoms with van der Waals surface area (Å²) >= 11 is 2.07. The first kappa shape index (κ1) is 46.3. The van der Waals surface area contributed by atoms with E-state index in [2.05, 4.69) is 50.4 Å². The lowest BCUT2D eigenvalue weighted by Gasteiger charge is -2.49. The average molecular weight is 900 g/mol. The van der Waals surface area contributed by atoms with Crippen LogP contribution in [0.1, 0.15) is 124 Å². The Balaban J connectivity index is 0.756. The average Bonchev–Trinajstić information content (AvgIpc) is 3.83. The van der Waals surface area contributed by atoms with E-state index in [1.807, 2.05) is 15.9 Å². The van der Waals surface area contributed by atoms with Gasteiger partial charge in [-0.3, -0.25) is 48.6 Å². The summed E-state index contributed by atoms with van der Waals surface area (Å²) in [5, 5.41) is 6.79. The predicted molar refractivity (Wildman–Crippen MR) is 249 cm³/mol. The van der Waals surface area contributed by atoms with Crippen molar-refractivity contribution in [2.75, 3.05) is 57.9 Å². The predicted octanol–water partition coefficient (Wildman–Crippen LogP) is 5.74. The zero-order valence-electron chi connectivity index (χ0n) is 37.6. The standard InChI is InChI=1S/C48H66FN9O5S/c1-32-6-4-7-40(32)57-43(60)10-9-33(30-50-2)44(57)53-31-52-34-13-23-56(24-14-34)64-36-15-21-54(22-16-36)35-11-17-48(18-12-35)19-25-55(26-20-48)42-29-38-37(28-39(42)49)46(62)58(47(38)63)41(8-5-27-59)45(61)51-3/h9-10,27-30,32,34-36,40-41,52H,2,4-8,11-26,31H2,1,3H3,(H,51,61)/b33-30-,53-44+. The lowest BCUT2D eigenvalue weighted by Crippen LogP contribution is -2.48. The number of aliphatic imine (C=N–C) groups is 2. The first-order chi connectivity index (χ1) is 31.0. The van der Waals surface area contributed by atoms with Crippen LogP contribution >= 0.6 is 11.9 Å². The van der Waals surface area contributed by atoms with E-state index in [0.29, 0.717) is 60.8 Å². The third kappa shape index (κ3) is 9.80. The van der Waals surface area contributed by atoms with E-state index in [1.54, 1.807) is 12.3 Å². The summed E-state index contributed by atoms with van der Waals surface area (Å²) in [6.07, 6.45) is 20.3. The third-order valence-corrected chi connectivity index (χ3v) is 16.9. The number of fused-ring (bicyclic) bond motifs is 1. The summed E-state index contributed by atoms with van der Waals surface area (Å²) in [7, 11) is 1.41. The van der Waals surface area contributed by atoms with Gasteiger partial charge in [0.05, 0.1) is 23.5 Å². The number of piperidine rings is 3. The summed E-state index contributed by atoms with van der Waals surface area (Å²) in [5.74, 6) is -1.26. The van der Waals surface area contributed by atoms with Crippen LogP contribution in [0, 0.1) is 17.2 Å². The summed E-state index contributed by atoms with van der Waals surface area (Å²) in [6, 6.07) is 2.66. The van der Waals surface area contributed by atoms with Gasteiger partial charge in [0.2, 0.25) is 5.91 Å². The zero-order chi connectivity index (χ0) is 45.0. The van der Waals surface area contributed by atoms with Crippen LogP contribution in [0.3, 0.4) is 0 Å². The molecule has 64 heavy (non-hydrogen) atoms. The molecule has 0 bridgehead atoms. The van der Waals surface area contributed by atoms with Crippen molar-refractivity contribution in [1.29, 1.82) is 0 Å². The van der Waals surface area contributed by atoms with Crippen LogP contribution < -0.4 is 15.5 Å². The fraction of sp³-hybridized carbons (Fsp3) is 0.646. The number of nitrogens with one attached hydrogen (secondary N) is 2. The molecule has 5 aliphatic heterocycles. The summed E-state index contributed by atoms with van der Waals surface area (Å²) in [5.41, 5.74) is 1.47. The maximum Gasteiger partial charge on any atom is 0.262 e. The quantitative estimate of drug-likeness (QED) is 0.103. The molecule has 3 unspecified atom stereocenters. The van der Waals surface area contributed by atoms with Crippen LogP contribution in [0.2, 0.25) is 0 Å². The largest absolute Gasteiger partial charge is 0.369 e. The van der Waals surface area contributed by atoms with E-state index in [-0.39, 0.29) is 41.3 Å². The van der Waals surface area contributed by atoms with Crippen LogP contribution in [-0.4, -0.2) is 144 Å². The zero-order valence-corrected chi connectivity index (χ0v) is 38.5. The number of amidine groups is 1. The number of anilines is 1. The molecule has 3 atom stereocenters. The van der Waals surface area contributed by atoms with Gasteiger partial charge in [0.25, 0.3) is 17.7 Å². The number of hydrogen-bond donors (Lipinski definition) is 2. The molecule has 16 heteroatoms. The molecule has 1 aromatic carbocycles. The van der Waals surface area contributed by atoms with Gasteiger partial charge in [-0.15, -0.1) is 0 Å². The number of rotatable bonds is 14. The van der Waals surface area contributed by atoms with E-state index in [9.17, 15) is 24.0 Å². The van der Waals surface area contributed by atoms with Crippen molar-refractivity contribution in [3.8, 4) is 0 Å². The lowest BCUT2D eigenvalue weighted by molar-refractivity contribution is -0.125. The molecule has 346 valence electrons. The van der Waals surface area contributed by atoms with Crippen LogP contribution in [0.4, 0.5) is 10.1 Å². The number of likely N-dealkylation sites (N-methyl/N-ethyl adjacent to an activating group) is 1. The lowest BCUT2D eigenvalue weighted by atomic mass is 9.66. The molecule has 3 saturated heterocycles. The smallest absolute Gasteiger partial charge is 0.262 e.